The second-order valence-electron chi connectivity index (χ2n) is 5.59. The number of halogens is 1. The van der Waals surface area contributed by atoms with Gasteiger partial charge in [-0.3, -0.25) is 4.79 Å². The largest absolute Gasteiger partial charge is 0.376 e. The molecule has 0 spiro atoms. The molecule has 2 atom stereocenters. The molecule has 116 valence electrons. The molecule has 1 aliphatic rings. The first kappa shape index (κ1) is 16.0. The molecule has 0 saturated carbocycles. The smallest absolute Gasteiger partial charge is 0.272 e. The van der Waals surface area contributed by atoms with Crippen molar-refractivity contribution in [2.75, 3.05) is 18.5 Å². The highest BCUT2D eigenvalue weighted by Gasteiger charge is 2.38. The van der Waals surface area contributed by atoms with Gasteiger partial charge in [0.2, 0.25) is 0 Å². The Morgan fingerprint density at radius 1 is 1.57 bits per heavy atom. The second-order valence-corrected chi connectivity index (χ2v) is 6.00. The molecule has 21 heavy (non-hydrogen) atoms. The average molecular weight is 312 g/mol. The third-order valence-electron chi connectivity index (χ3n) is 3.90. The molecular weight excluding hydrogens is 290 g/mol. The molecule has 0 aliphatic carbocycles. The summed E-state index contributed by atoms with van der Waals surface area (Å²) in [6, 6.07) is 3.47. The van der Waals surface area contributed by atoms with Crippen molar-refractivity contribution >= 4 is 23.3 Å². The fourth-order valence-corrected chi connectivity index (χ4v) is 2.46. The van der Waals surface area contributed by atoms with E-state index in [-0.39, 0.29) is 23.2 Å². The van der Waals surface area contributed by atoms with Crippen LogP contribution >= 0.6 is 11.6 Å². The van der Waals surface area contributed by atoms with Crippen LogP contribution in [0.4, 0.5) is 5.82 Å². The van der Waals surface area contributed by atoms with Crippen molar-refractivity contribution < 1.29 is 9.53 Å². The Kier molecular flexibility index (Phi) is 5.06. The molecule has 2 unspecified atom stereocenters. The Bertz CT molecular complexity index is 524. The van der Waals surface area contributed by atoms with Gasteiger partial charge in [0, 0.05) is 13.2 Å². The normalized spacial score (nSPS) is 24.9. The highest BCUT2D eigenvalue weighted by Crippen LogP contribution is 2.26. The monoisotopic (exact) mass is 311 g/mol. The van der Waals surface area contributed by atoms with Crippen molar-refractivity contribution in [2.24, 2.45) is 0 Å². The number of carbonyl (C=O) groups excluding carboxylic acids is 1. The molecule has 1 fully saturated rings. The number of aromatic nitrogens is 1. The summed E-state index contributed by atoms with van der Waals surface area (Å²) in [7, 11) is 0. The van der Waals surface area contributed by atoms with Crippen molar-refractivity contribution in [1.29, 1.82) is 0 Å². The number of rotatable bonds is 5. The van der Waals surface area contributed by atoms with Crippen molar-refractivity contribution in [1.82, 2.24) is 10.3 Å². The lowest BCUT2D eigenvalue weighted by molar-refractivity contribution is 0.0724. The molecule has 1 amide bonds. The number of ether oxygens (including phenoxy) is 1. The summed E-state index contributed by atoms with van der Waals surface area (Å²) in [5, 5.41) is 6.51. The molecule has 0 aromatic carbocycles. The maximum absolute atomic E-state index is 12.5. The third-order valence-corrected chi connectivity index (χ3v) is 4.21. The Hall–Kier alpha value is -1.33. The van der Waals surface area contributed by atoms with Crippen molar-refractivity contribution in [3.63, 3.8) is 0 Å². The minimum Gasteiger partial charge on any atom is -0.376 e. The Morgan fingerprint density at radius 3 is 2.95 bits per heavy atom. The van der Waals surface area contributed by atoms with Crippen molar-refractivity contribution in [3.05, 3.63) is 22.8 Å². The van der Waals surface area contributed by atoms with E-state index >= 15 is 0 Å². The molecule has 1 aliphatic heterocycles. The lowest BCUT2D eigenvalue weighted by atomic mass is 9.94. The van der Waals surface area contributed by atoms with Gasteiger partial charge in [0.25, 0.3) is 5.91 Å². The maximum Gasteiger partial charge on any atom is 0.272 e. The number of anilines is 1. The molecule has 6 heteroatoms. The molecule has 0 radical (unpaired) electrons. The summed E-state index contributed by atoms with van der Waals surface area (Å²) in [6.45, 7) is 7.46. The van der Waals surface area contributed by atoms with Crippen LogP contribution in [0, 0.1) is 0 Å². The molecule has 0 bridgehead atoms. The van der Waals surface area contributed by atoms with Gasteiger partial charge in [0.1, 0.15) is 11.5 Å². The van der Waals surface area contributed by atoms with Gasteiger partial charge in [-0.05, 0) is 38.8 Å². The van der Waals surface area contributed by atoms with Gasteiger partial charge >= 0.3 is 0 Å². The zero-order valence-corrected chi connectivity index (χ0v) is 13.5. The first-order chi connectivity index (χ1) is 9.96. The number of nitrogens with one attached hydrogen (secondary N) is 2. The first-order valence-corrected chi connectivity index (χ1v) is 7.68. The van der Waals surface area contributed by atoms with Gasteiger partial charge in [0.15, 0.2) is 0 Å². The maximum atomic E-state index is 12.5. The van der Waals surface area contributed by atoms with Crippen LogP contribution in [-0.2, 0) is 4.74 Å². The lowest BCUT2D eigenvalue weighted by Crippen LogP contribution is -2.50. The van der Waals surface area contributed by atoms with E-state index in [4.69, 9.17) is 16.3 Å². The average Bonchev–Trinajstić information content (AvgIpc) is 2.77. The van der Waals surface area contributed by atoms with Crippen LogP contribution < -0.4 is 10.6 Å². The van der Waals surface area contributed by atoms with Crippen LogP contribution in [0.3, 0.4) is 0 Å². The number of hydrogen-bond donors (Lipinski definition) is 2. The molecule has 2 N–H and O–H groups in total. The van der Waals surface area contributed by atoms with Gasteiger partial charge in [0.05, 0.1) is 16.7 Å². The number of hydrogen-bond acceptors (Lipinski definition) is 4. The molecule has 1 aromatic rings. The van der Waals surface area contributed by atoms with E-state index in [0.717, 1.165) is 19.4 Å². The molecule has 1 saturated heterocycles. The van der Waals surface area contributed by atoms with Crippen molar-refractivity contribution in [3.8, 4) is 0 Å². The van der Waals surface area contributed by atoms with Crippen LogP contribution in [0.5, 0.6) is 0 Å². The molecule has 2 rings (SSSR count). The van der Waals surface area contributed by atoms with Crippen LogP contribution in [0.15, 0.2) is 12.1 Å². The van der Waals surface area contributed by atoms with Gasteiger partial charge in [-0.25, -0.2) is 4.98 Å². The lowest BCUT2D eigenvalue weighted by Gasteiger charge is -2.28. The zero-order chi connectivity index (χ0) is 15.5. The second kappa shape index (κ2) is 6.62. The Labute approximate surface area is 130 Å². The summed E-state index contributed by atoms with van der Waals surface area (Å²) in [4.78, 5) is 16.8. The number of carbonyl (C=O) groups is 1. The van der Waals surface area contributed by atoms with Crippen LogP contribution in [0.25, 0.3) is 0 Å². The number of amides is 1. The van der Waals surface area contributed by atoms with Gasteiger partial charge in [-0.15, -0.1) is 0 Å². The minimum atomic E-state index is -0.380. The predicted octanol–water partition coefficient (Wildman–Crippen LogP) is 2.85. The van der Waals surface area contributed by atoms with E-state index in [1.54, 1.807) is 12.1 Å². The first-order valence-electron chi connectivity index (χ1n) is 7.31. The standard InChI is InChI=1S/C15H22ClN3O2/c1-4-8-17-12-6-5-11(16)13(18-12)14(20)19-15(3)7-9-21-10(15)2/h5-6,10H,4,7-9H2,1-3H3,(H,17,18)(H,19,20). The minimum absolute atomic E-state index is 0.0263. The zero-order valence-electron chi connectivity index (χ0n) is 12.7. The fourth-order valence-electron chi connectivity index (χ4n) is 2.27. The van der Waals surface area contributed by atoms with E-state index in [1.165, 1.54) is 0 Å². The molecular formula is C15H22ClN3O2. The van der Waals surface area contributed by atoms with Gasteiger partial charge in [-0.2, -0.15) is 0 Å². The number of pyridine rings is 1. The Balaban J connectivity index is 2.14. The molecule has 2 heterocycles. The third kappa shape index (κ3) is 3.66. The van der Waals surface area contributed by atoms with E-state index in [2.05, 4.69) is 22.5 Å². The van der Waals surface area contributed by atoms with Gasteiger partial charge < -0.3 is 15.4 Å². The summed E-state index contributed by atoms with van der Waals surface area (Å²) in [6.07, 6.45) is 1.74. The topological polar surface area (TPSA) is 63.2 Å². The predicted molar refractivity (Wildman–Crippen MR) is 83.9 cm³/mol. The van der Waals surface area contributed by atoms with E-state index in [1.807, 2.05) is 13.8 Å². The summed E-state index contributed by atoms with van der Waals surface area (Å²) in [5.74, 6) is 0.396. The molecule has 1 aromatic heterocycles. The SMILES string of the molecule is CCCNc1ccc(Cl)c(C(=O)NC2(C)CCOC2C)n1. The summed E-state index contributed by atoms with van der Waals surface area (Å²) < 4.78 is 5.53. The van der Waals surface area contributed by atoms with Crippen molar-refractivity contribution in [2.45, 2.75) is 45.3 Å². The van der Waals surface area contributed by atoms with Gasteiger partial charge in [-0.1, -0.05) is 18.5 Å². The van der Waals surface area contributed by atoms with Crippen LogP contribution in [-0.4, -0.2) is 35.7 Å². The molecule has 5 nitrogen and oxygen atoms in total. The van der Waals surface area contributed by atoms with E-state index in [0.29, 0.717) is 17.4 Å². The fraction of sp³-hybridized carbons (Fsp3) is 0.600. The summed E-state index contributed by atoms with van der Waals surface area (Å²) >= 11 is 6.11. The highest BCUT2D eigenvalue weighted by molar-refractivity contribution is 6.33. The number of nitrogens with zero attached hydrogens (tertiary/aromatic N) is 1. The summed E-state index contributed by atoms with van der Waals surface area (Å²) in [5.41, 5.74) is -0.132. The van der Waals surface area contributed by atoms with E-state index < -0.39 is 0 Å². The van der Waals surface area contributed by atoms with E-state index in [9.17, 15) is 4.79 Å². The highest BCUT2D eigenvalue weighted by atomic mass is 35.5. The quantitative estimate of drug-likeness (QED) is 0.877. The Morgan fingerprint density at radius 2 is 2.33 bits per heavy atom. The van der Waals surface area contributed by atoms with Crippen LogP contribution in [0.2, 0.25) is 5.02 Å². The van der Waals surface area contributed by atoms with Crippen LogP contribution in [0.1, 0.15) is 44.1 Å².